The Labute approximate surface area is 110 Å². The third-order valence-electron chi connectivity index (χ3n) is 3.71. The first-order chi connectivity index (χ1) is 8.78. The van der Waals surface area contributed by atoms with Crippen molar-refractivity contribution in [2.75, 3.05) is 19.6 Å². The molecule has 100 valence electrons. The van der Waals surface area contributed by atoms with Crippen molar-refractivity contribution in [1.29, 1.82) is 0 Å². The minimum atomic E-state index is 0.440. The van der Waals surface area contributed by atoms with Crippen molar-refractivity contribution in [3.8, 4) is 0 Å². The Balaban J connectivity index is 1.73. The summed E-state index contributed by atoms with van der Waals surface area (Å²) in [5, 5.41) is 3.60. The summed E-state index contributed by atoms with van der Waals surface area (Å²) in [4.78, 5) is 2.54. The van der Waals surface area contributed by atoms with Crippen LogP contribution < -0.4 is 11.1 Å². The first-order valence-corrected chi connectivity index (χ1v) is 7.00. The summed E-state index contributed by atoms with van der Waals surface area (Å²) in [5.74, 6) is 0. The molecule has 1 aromatic carbocycles. The van der Waals surface area contributed by atoms with E-state index in [1.807, 2.05) is 0 Å². The van der Waals surface area contributed by atoms with Crippen molar-refractivity contribution >= 4 is 0 Å². The molecule has 1 aromatic rings. The lowest BCUT2D eigenvalue weighted by atomic mass is 10.0. The molecule has 1 saturated heterocycles. The van der Waals surface area contributed by atoms with Gasteiger partial charge in [-0.2, -0.15) is 0 Å². The number of nitrogens with two attached hydrogens (primary N) is 1. The molecule has 1 atom stereocenters. The van der Waals surface area contributed by atoms with Gasteiger partial charge in [-0.25, -0.2) is 0 Å². The molecule has 0 saturated carbocycles. The van der Waals surface area contributed by atoms with E-state index in [0.717, 1.165) is 13.1 Å². The lowest BCUT2D eigenvalue weighted by Gasteiger charge is -2.33. The molecule has 2 rings (SSSR count). The van der Waals surface area contributed by atoms with Gasteiger partial charge in [0.15, 0.2) is 0 Å². The highest BCUT2D eigenvalue weighted by Crippen LogP contribution is 2.14. The summed E-state index contributed by atoms with van der Waals surface area (Å²) in [6, 6.07) is 11.8. The molecule has 0 bridgehead atoms. The van der Waals surface area contributed by atoms with Crippen molar-refractivity contribution in [3.63, 3.8) is 0 Å². The van der Waals surface area contributed by atoms with E-state index in [4.69, 9.17) is 5.73 Å². The van der Waals surface area contributed by atoms with Crippen LogP contribution in [0.2, 0.25) is 0 Å². The van der Waals surface area contributed by atoms with Crippen LogP contribution in [0.4, 0.5) is 0 Å². The number of nitrogens with one attached hydrogen (secondary N) is 1. The number of piperidine rings is 1. The van der Waals surface area contributed by atoms with Crippen LogP contribution >= 0.6 is 0 Å². The Morgan fingerprint density at radius 3 is 2.56 bits per heavy atom. The third-order valence-corrected chi connectivity index (χ3v) is 3.71. The third kappa shape index (κ3) is 4.09. The minimum Gasteiger partial charge on any atom is -0.329 e. The lowest BCUT2D eigenvalue weighted by molar-refractivity contribution is 0.185. The zero-order chi connectivity index (χ0) is 12.8. The molecule has 1 heterocycles. The van der Waals surface area contributed by atoms with E-state index >= 15 is 0 Å². The molecule has 18 heavy (non-hydrogen) atoms. The summed E-state index contributed by atoms with van der Waals surface area (Å²) in [6.07, 6.45) is 2.47. The second-order valence-corrected chi connectivity index (χ2v) is 5.34. The van der Waals surface area contributed by atoms with Gasteiger partial charge in [-0.15, -0.1) is 0 Å². The van der Waals surface area contributed by atoms with E-state index in [-0.39, 0.29) is 0 Å². The van der Waals surface area contributed by atoms with Crippen molar-refractivity contribution in [1.82, 2.24) is 10.2 Å². The number of likely N-dealkylation sites (tertiary alicyclic amines) is 1. The van der Waals surface area contributed by atoms with Crippen LogP contribution in [0, 0.1) is 0 Å². The average Bonchev–Trinajstić information content (AvgIpc) is 2.42. The van der Waals surface area contributed by atoms with Gasteiger partial charge in [0.2, 0.25) is 0 Å². The fourth-order valence-corrected chi connectivity index (χ4v) is 2.57. The SMILES string of the molecule is CC(CN)NC1CCN(Cc2ccccc2)CC1. The summed E-state index contributed by atoms with van der Waals surface area (Å²) in [5.41, 5.74) is 7.06. The van der Waals surface area contributed by atoms with E-state index in [1.54, 1.807) is 0 Å². The van der Waals surface area contributed by atoms with Crippen LogP contribution in [0.1, 0.15) is 25.3 Å². The molecular formula is C15H25N3. The van der Waals surface area contributed by atoms with Gasteiger partial charge in [-0.1, -0.05) is 30.3 Å². The quantitative estimate of drug-likeness (QED) is 0.830. The van der Waals surface area contributed by atoms with Gasteiger partial charge in [-0.3, -0.25) is 4.90 Å². The van der Waals surface area contributed by atoms with Gasteiger partial charge < -0.3 is 11.1 Å². The lowest BCUT2D eigenvalue weighted by Crippen LogP contribution is -2.47. The molecule has 3 N–H and O–H groups in total. The first-order valence-electron chi connectivity index (χ1n) is 7.00. The molecule has 0 amide bonds. The molecule has 1 aliphatic rings. The second kappa shape index (κ2) is 6.88. The van der Waals surface area contributed by atoms with Crippen molar-refractivity contribution in [2.45, 2.75) is 38.4 Å². The topological polar surface area (TPSA) is 41.3 Å². The van der Waals surface area contributed by atoms with Crippen LogP contribution in [0.15, 0.2) is 30.3 Å². The van der Waals surface area contributed by atoms with Crippen molar-refractivity contribution < 1.29 is 0 Å². The molecule has 3 heteroatoms. The number of hydrogen-bond donors (Lipinski definition) is 2. The van der Waals surface area contributed by atoms with Gasteiger partial charge in [-0.05, 0) is 38.4 Å². The van der Waals surface area contributed by atoms with Crippen LogP contribution in [-0.4, -0.2) is 36.6 Å². The highest BCUT2D eigenvalue weighted by Gasteiger charge is 2.19. The molecular weight excluding hydrogens is 222 g/mol. The standard InChI is InChI=1S/C15H25N3/c1-13(11-16)17-15-7-9-18(10-8-15)12-14-5-3-2-4-6-14/h2-6,13,15,17H,7-12,16H2,1H3. The second-order valence-electron chi connectivity index (χ2n) is 5.34. The molecule has 3 nitrogen and oxygen atoms in total. The molecule has 0 radical (unpaired) electrons. The van der Waals surface area contributed by atoms with Crippen molar-refractivity contribution in [3.05, 3.63) is 35.9 Å². The smallest absolute Gasteiger partial charge is 0.0233 e. The van der Waals surface area contributed by atoms with Crippen LogP contribution in [-0.2, 0) is 6.54 Å². The van der Waals surface area contributed by atoms with Crippen LogP contribution in [0.3, 0.4) is 0 Å². The Hall–Kier alpha value is -0.900. The largest absolute Gasteiger partial charge is 0.329 e. The number of nitrogens with zero attached hydrogens (tertiary/aromatic N) is 1. The molecule has 0 aliphatic carbocycles. The number of rotatable bonds is 5. The Kier molecular flexibility index (Phi) is 5.17. The molecule has 0 spiro atoms. The molecule has 0 aromatic heterocycles. The molecule has 1 aliphatic heterocycles. The van der Waals surface area contributed by atoms with E-state index < -0.39 is 0 Å². The van der Waals surface area contributed by atoms with Gasteiger partial charge >= 0.3 is 0 Å². The van der Waals surface area contributed by atoms with Gasteiger partial charge in [0, 0.05) is 25.2 Å². The van der Waals surface area contributed by atoms with Crippen LogP contribution in [0.5, 0.6) is 0 Å². The Bertz CT molecular complexity index is 331. The minimum absolute atomic E-state index is 0.440. The Morgan fingerprint density at radius 1 is 1.28 bits per heavy atom. The summed E-state index contributed by atoms with van der Waals surface area (Å²) in [7, 11) is 0. The van der Waals surface area contributed by atoms with Gasteiger partial charge in [0.1, 0.15) is 0 Å². The Morgan fingerprint density at radius 2 is 1.94 bits per heavy atom. The predicted octanol–water partition coefficient (Wildman–Crippen LogP) is 1.59. The molecule has 1 unspecified atom stereocenters. The normalized spacial score (nSPS) is 19.9. The van der Waals surface area contributed by atoms with E-state index in [1.165, 1.54) is 31.5 Å². The van der Waals surface area contributed by atoms with Gasteiger partial charge in [0.25, 0.3) is 0 Å². The highest BCUT2D eigenvalue weighted by atomic mass is 15.1. The maximum Gasteiger partial charge on any atom is 0.0233 e. The number of benzene rings is 1. The summed E-state index contributed by atoms with van der Waals surface area (Å²) in [6.45, 7) is 6.34. The summed E-state index contributed by atoms with van der Waals surface area (Å²) >= 11 is 0. The van der Waals surface area contributed by atoms with E-state index in [0.29, 0.717) is 12.1 Å². The predicted molar refractivity (Wildman–Crippen MR) is 76.4 cm³/mol. The van der Waals surface area contributed by atoms with Crippen LogP contribution in [0.25, 0.3) is 0 Å². The fourth-order valence-electron chi connectivity index (χ4n) is 2.57. The van der Waals surface area contributed by atoms with Gasteiger partial charge in [0.05, 0.1) is 0 Å². The monoisotopic (exact) mass is 247 g/mol. The van der Waals surface area contributed by atoms with E-state index in [9.17, 15) is 0 Å². The highest BCUT2D eigenvalue weighted by molar-refractivity contribution is 5.14. The average molecular weight is 247 g/mol. The van der Waals surface area contributed by atoms with Crippen molar-refractivity contribution in [2.24, 2.45) is 5.73 Å². The zero-order valence-corrected chi connectivity index (χ0v) is 11.3. The maximum atomic E-state index is 5.65. The number of hydrogen-bond acceptors (Lipinski definition) is 3. The molecule has 1 fully saturated rings. The first kappa shape index (κ1) is 13.5. The summed E-state index contributed by atoms with van der Waals surface area (Å²) < 4.78 is 0. The fraction of sp³-hybridized carbons (Fsp3) is 0.600. The maximum absolute atomic E-state index is 5.65. The van der Waals surface area contributed by atoms with E-state index in [2.05, 4.69) is 47.5 Å². The zero-order valence-electron chi connectivity index (χ0n) is 11.3.